The molecule has 0 aliphatic rings. The Morgan fingerprint density at radius 3 is 2.62 bits per heavy atom. The summed E-state index contributed by atoms with van der Waals surface area (Å²) in [7, 11) is 0. The van der Waals surface area contributed by atoms with E-state index in [0.29, 0.717) is 0 Å². The molecule has 9 heteroatoms. The Morgan fingerprint density at radius 1 is 1.33 bits per heavy atom. The van der Waals surface area contributed by atoms with Gasteiger partial charge in [-0.3, -0.25) is 15.5 Å². The van der Waals surface area contributed by atoms with Gasteiger partial charge in [0.2, 0.25) is 11.8 Å². The first-order valence-corrected chi connectivity index (χ1v) is 5.95. The second kappa shape index (κ2) is 5.67. The molecule has 8 nitrogen and oxygen atoms in total. The number of aryl methyl sites for hydroxylation is 2. The van der Waals surface area contributed by atoms with Crippen LogP contribution in [0, 0.1) is 29.8 Å². The Hall–Kier alpha value is -2.81. The van der Waals surface area contributed by atoms with Gasteiger partial charge in [-0.25, -0.2) is 15.2 Å². The molecule has 21 heavy (non-hydrogen) atoms. The molecule has 1 aromatic heterocycles. The van der Waals surface area contributed by atoms with E-state index in [4.69, 9.17) is 5.84 Å². The van der Waals surface area contributed by atoms with Gasteiger partial charge >= 0.3 is 5.69 Å². The predicted octanol–water partition coefficient (Wildman–Crippen LogP) is 2.17. The largest absolute Gasteiger partial charge is 0.332 e. The highest BCUT2D eigenvalue weighted by atomic mass is 19.1. The molecule has 1 aromatic carbocycles. The molecular weight excluding hydrogens is 279 g/mol. The van der Waals surface area contributed by atoms with Gasteiger partial charge in [0.15, 0.2) is 0 Å². The number of nitrogens with two attached hydrogens (primary N) is 1. The minimum Gasteiger partial charge on any atom is -0.332 e. The first-order valence-electron chi connectivity index (χ1n) is 5.95. The first kappa shape index (κ1) is 14.6. The van der Waals surface area contributed by atoms with E-state index in [1.54, 1.807) is 13.0 Å². The Balaban J connectivity index is 2.51. The van der Waals surface area contributed by atoms with Gasteiger partial charge in [0.1, 0.15) is 11.5 Å². The number of nitro groups is 1. The number of hydrazine groups is 1. The zero-order valence-corrected chi connectivity index (χ0v) is 11.3. The molecule has 0 fully saturated rings. The molecule has 0 saturated carbocycles. The van der Waals surface area contributed by atoms with Crippen molar-refractivity contribution in [3.05, 3.63) is 45.4 Å². The lowest BCUT2D eigenvalue weighted by atomic mass is 10.2. The van der Waals surface area contributed by atoms with Crippen LogP contribution in [-0.4, -0.2) is 14.9 Å². The van der Waals surface area contributed by atoms with Gasteiger partial charge in [0.25, 0.3) is 0 Å². The fraction of sp³-hybridized carbons (Fsp3) is 0.167. The molecule has 2 rings (SSSR count). The summed E-state index contributed by atoms with van der Waals surface area (Å²) in [5.41, 5.74) is 2.78. The third-order valence-electron chi connectivity index (χ3n) is 2.75. The van der Waals surface area contributed by atoms with Crippen LogP contribution < -0.4 is 16.6 Å². The molecule has 0 atom stereocenters. The van der Waals surface area contributed by atoms with E-state index in [-0.39, 0.29) is 28.8 Å². The maximum Gasteiger partial charge on any atom is 0.332 e. The van der Waals surface area contributed by atoms with Gasteiger partial charge in [-0.1, -0.05) is 6.07 Å². The van der Waals surface area contributed by atoms with Crippen molar-refractivity contribution in [3.8, 4) is 0 Å². The summed E-state index contributed by atoms with van der Waals surface area (Å²) >= 11 is 0. The minimum absolute atomic E-state index is 0.00637. The molecule has 0 spiro atoms. The lowest BCUT2D eigenvalue weighted by Gasteiger charge is -2.10. The van der Waals surface area contributed by atoms with Crippen LogP contribution in [0.15, 0.2) is 18.2 Å². The van der Waals surface area contributed by atoms with Crippen LogP contribution in [0.5, 0.6) is 0 Å². The van der Waals surface area contributed by atoms with Gasteiger partial charge in [-0.2, -0.15) is 4.98 Å². The summed E-state index contributed by atoms with van der Waals surface area (Å²) in [6, 6.07) is 4.46. The maximum atomic E-state index is 13.8. The number of nitrogens with one attached hydrogen (secondary N) is 2. The molecule has 2 aromatic rings. The van der Waals surface area contributed by atoms with E-state index in [0.717, 1.165) is 5.56 Å². The third-order valence-corrected chi connectivity index (χ3v) is 2.75. The highest BCUT2D eigenvalue weighted by molar-refractivity contribution is 5.68. The average molecular weight is 292 g/mol. The molecule has 0 saturated heterocycles. The number of anilines is 3. The summed E-state index contributed by atoms with van der Waals surface area (Å²) in [5, 5.41) is 13.7. The van der Waals surface area contributed by atoms with Gasteiger partial charge in [0, 0.05) is 0 Å². The zero-order valence-electron chi connectivity index (χ0n) is 11.3. The van der Waals surface area contributed by atoms with Crippen molar-refractivity contribution in [2.75, 3.05) is 10.7 Å². The molecule has 0 aliphatic heterocycles. The number of halogens is 1. The molecule has 110 valence electrons. The second-order valence-electron chi connectivity index (χ2n) is 4.34. The molecular formula is C12H13FN6O2. The van der Waals surface area contributed by atoms with E-state index < -0.39 is 10.7 Å². The van der Waals surface area contributed by atoms with Crippen LogP contribution >= 0.6 is 0 Å². The lowest BCUT2D eigenvalue weighted by Crippen LogP contribution is -2.13. The van der Waals surface area contributed by atoms with Crippen molar-refractivity contribution in [2.45, 2.75) is 13.8 Å². The fourth-order valence-corrected chi connectivity index (χ4v) is 1.79. The third kappa shape index (κ3) is 3.03. The van der Waals surface area contributed by atoms with Crippen molar-refractivity contribution >= 4 is 23.1 Å². The molecule has 4 N–H and O–H groups in total. The summed E-state index contributed by atoms with van der Waals surface area (Å²) < 4.78 is 13.8. The van der Waals surface area contributed by atoms with Crippen LogP contribution in [0.4, 0.5) is 27.5 Å². The van der Waals surface area contributed by atoms with E-state index in [1.807, 2.05) is 0 Å². The first-order chi connectivity index (χ1) is 9.92. The van der Waals surface area contributed by atoms with Gasteiger partial charge in [0.05, 0.1) is 10.6 Å². The molecule has 1 heterocycles. The smallest absolute Gasteiger partial charge is 0.332 e. The lowest BCUT2D eigenvalue weighted by molar-refractivity contribution is -0.385. The van der Waals surface area contributed by atoms with E-state index in [2.05, 4.69) is 20.7 Å². The van der Waals surface area contributed by atoms with Crippen LogP contribution in [0.3, 0.4) is 0 Å². The van der Waals surface area contributed by atoms with Crippen LogP contribution in [0.2, 0.25) is 0 Å². The predicted molar refractivity (Wildman–Crippen MR) is 75.7 cm³/mol. The molecule has 0 bridgehead atoms. The number of rotatable bonds is 4. The quantitative estimate of drug-likeness (QED) is 0.449. The average Bonchev–Trinajstić information content (AvgIpc) is 2.40. The normalized spacial score (nSPS) is 10.3. The molecule has 0 aliphatic carbocycles. The topological polar surface area (TPSA) is 119 Å². The number of hydrogen-bond donors (Lipinski definition) is 3. The van der Waals surface area contributed by atoms with E-state index in [9.17, 15) is 14.5 Å². The van der Waals surface area contributed by atoms with Gasteiger partial charge in [-0.05, 0) is 31.5 Å². The van der Waals surface area contributed by atoms with Crippen LogP contribution in [-0.2, 0) is 0 Å². The Bertz CT molecular complexity index is 706. The van der Waals surface area contributed by atoms with Crippen molar-refractivity contribution in [1.82, 2.24) is 9.97 Å². The summed E-state index contributed by atoms with van der Waals surface area (Å²) in [4.78, 5) is 18.2. The van der Waals surface area contributed by atoms with Crippen molar-refractivity contribution < 1.29 is 9.31 Å². The Kier molecular flexibility index (Phi) is 3.94. The highest BCUT2D eigenvalue weighted by Crippen LogP contribution is 2.30. The van der Waals surface area contributed by atoms with E-state index in [1.165, 1.54) is 19.1 Å². The number of aromatic nitrogens is 2. The van der Waals surface area contributed by atoms with Gasteiger partial charge in [-0.15, -0.1) is 0 Å². The fourth-order valence-electron chi connectivity index (χ4n) is 1.79. The SMILES string of the molecule is Cc1ccc(Nc2nc(NN)nc(C)c2[N+](=O)[O-])c(F)c1. The Morgan fingerprint density at radius 2 is 2.05 bits per heavy atom. The van der Waals surface area contributed by atoms with Crippen molar-refractivity contribution in [3.63, 3.8) is 0 Å². The second-order valence-corrected chi connectivity index (χ2v) is 4.34. The summed E-state index contributed by atoms with van der Waals surface area (Å²) in [5.74, 6) is 4.53. The molecule has 0 amide bonds. The van der Waals surface area contributed by atoms with Crippen LogP contribution in [0.1, 0.15) is 11.3 Å². The molecule has 0 unspecified atom stereocenters. The van der Waals surface area contributed by atoms with E-state index >= 15 is 0 Å². The number of nitrogens with zero attached hydrogens (tertiary/aromatic N) is 3. The summed E-state index contributed by atoms with van der Waals surface area (Å²) in [6.07, 6.45) is 0. The van der Waals surface area contributed by atoms with Crippen LogP contribution in [0.25, 0.3) is 0 Å². The molecule has 0 radical (unpaired) electrons. The van der Waals surface area contributed by atoms with Crippen molar-refractivity contribution in [2.24, 2.45) is 5.84 Å². The van der Waals surface area contributed by atoms with Crippen molar-refractivity contribution in [1.29, 1.82) is 0 Å². The highest BCUT2D eigenvalue weighted by Gasteiger charge is 2.22. The number of benzene rings is 1. The summed E-state index contributed by atoms with van der Waals surface area (Å²) in [6.45, 7) is 3.18. The van der Waals surface area contributed by atoms with Gasteiger partial charge < -0.3 is 5.32 Å². The number of hydrogen-bond acceptors (Lipinski definition) is 7. The standard InChI is InChI=1S/C12H13FN6O2/c1-6-3-4-9(8(13)5-6)16-11-10(19(20)21)7(2)15-12(17-11)18-14/h3-5H,14H2,1-2H3,(H2,15,16,17,18). The minimum atomic E-state index is -0.635. The zero-order chi connectivity index (χ0) is 15.6. The maximum absolute atomic E-state index is 13.8. The number of nitrogen functional groups attached to an aromatic ring is 1. The monoisotopic (exact) mass is 292 g/mol. The Labute approximate surface area is 119 Å².